The van der Waals surface area contributed by atoms with Crippen molar-refractivity contribution in [2.24, 2.45) is 0 Å². The van der Waals surface area contributed by atoms with Crippen molar-refractivity contribution in [1.29, 1.82) is 0 Å². The quantitative estimate of drug-likeness (QED) is 0.162. The van der Waals surface area contributed by atoms with Crippen LogP contribution in [-0.2, 0) is 21.1 Å². The first kappa shape index (κ1) is 32.1. The predicted octanol–water partition coefficient (Wildman–Crippen LogP) is 11.6. The Bertz CT molecular complexity index is 3170. The second-order valence-corrected chi connectivity index (χ2v) is 13.4. The van der Waals surface area contributed by atoms with Crippen LogP contribution in [0.4, 0.5) is 0 Å². The minimum Gasteiger partial charge on any atom is -0.656 e. The Morgan fingerprint density at radius 3 is 2.09 bits per heavy atom. The first-order valence-electron chi connectivity index (χ1n) is 17.8. The molecule has 0 aliphatic rings. The fourth-order valence-corrected chi connectivity index (χ4v) is 7.96. The van der Waals surface area contributed by atoms with E-state index in [-0.39, 0.29) is 21.1 Å². The van der Waals surface area contributed by atoms with E-state index in [0.717, 1.165) is 99.8 Å². The number of hydrogen-bond donors (Lipinski definition) is 0. The van der Waals surface area contributed by atoms with Crippen molar-refractivity contribution in [2.75, 3.05) is 0 Å². The molecule has 7 aromatic carbocycles. The summed E-state index contributed by atoms with van der Waals surface area (Å²) in [4.78, 5) is 15.5. The van der Waals surface area contributed by atoms with Crippen LogP contribution in [0, 0.1) is 6.07 Å². The summed E-state index contributed by atoms with van der Waals surface area (Å²) in [5, 5.41) is 4.56. The Labute approximate surface area is 325 Å². The number of aromatic nitrogens is 5. The Morgan fingerprint density at radius 1 is 0.519 bits per heavy atom. The van der Waals surface area contributed by atoms with Gasteiger partial charge in [0, 0.05) is 23.0 Å². The zero-order chi connectivity index (χ0) is 34.9. The van der Waals surface area contributed by atoms with Crippen LogP contribution < -0.4 is 4.98 Å². The fourth-order valence-electron chi connectivity index (χ4n) is 7.96. The van der Waals surface area contributed by atoms with Crippen LogP contribution in [0.5, 0.6) is 0 Å². The van der Waals surface area contributed by atoms with Crippen molar-refractivity contribution < 1.29 is 21.1 Å². The summed E-state index contributed by atoms with van der Waals surface area (Å²) >= 11 is 0. The molecule has 11 rings (SSSR count). The molecule has 0 saturated heterocycles. The topological polar surface area (TPSA) is 49.7 Å². The molecule has 0 aliphatic carbocycles. The van der Waals surface area contributed by atoms with Crippen molar-refractivity contribution in [3.8, 4) is 45.1 Å². The molecular formula is C48H29N5Pt. The minimum atomic E-state index is 0. The van der Waals surface area contributed by atoms with E-state index in [0.29, 0.717) is 0 Å². The zero-order valence-electron chi connectivity index (χ0n) is 28.8. The number of hydrogen-bond acceptors (Lipinski definition) is 2. The largest absolute Gasteiger partial charge is 2.00 e. The van der Waals surface area contributed by atoms with E-state index in [1.165, 1.54) is 0 Å². The molecule has 0 N–H and O–H groups in total. The first-order valence-corrected chi connectivity index (χ1v) is 17.8. The average Bonchev–Trinajstić information content (AvgIpc) is 3.91. The van der Waals surface area contributed by atoms with Gasteiger partial charge in [0.25, 0.3) is 0 Å². The van der Waals surface area contributed by atoms with Gasteiger partial charge in [-0.1, -0.05) is 132 Å². The van der Waals surface area contributed by atoms with Gasteiger partial charge < -0.3 is 9.55 Å². The number of rotatable bonds is 5. The van der Waals surface area contributed by atoms with Gasteiger partial charge in [0.2, 0.25) is 0 Å². The summed E-state index contributed by atoms with van der Waals surface area (Å²) < 4.78 is 4.50. The summed E-state index contributed by atoms with van der Waals surface area (Å²) in [6.07, 6.45) is 1.89. The number of fused-ring (bicyclic) bond motifs is 7. The standard InChI is InChI=1S/C48H29N5.Pt/c1-3-13-31(14-4-1)32-27-28-49-45(30-32)53-42-23-10-8-18-37(42)38-26-25-33(29-44(38)53)35-19-12-24-43-47(35)51-48(52(43)34-15-5-2-6-16-34)40-21-11-20-39-36-17-7-9-22-41(36)50-46(39)40;/h1-28,30H;/q-2;+2. The van der Waals surface area contributed by atoms with E-state index in [1.54, 1.807) is 0 Å². The molecule has 0 amide bonds. The van der Waals surface area contributed by atoms with Crippen molar-refractivity contribution in [1.82, 2.24) is 24.1 Å². The van der Waals surface area contributed by atoms with Gasteiger partial charge in [-0.2, -0.15) is 0 Å². The summed E-state index contributed by atoms with van der Waals surface area (Å²) in [6.45, 7) is 0. The van der Waals surface area contributed by atoms with Crippen LogP contribution >= 0.6 is 0 Å². The Kier molecular flexibility index (Phi) is 7.64. The number of benzene rings is 7. The summed E-state index contributed by atoms with van der Waals surface area (Å²) in [5.74, 6) is 1.70. The van der Waals surface area contributed by atoms with Gasteiger partial charge in [-0.25, -0.2) is 9.97 Å². The molecule has 0 bridgehead atoms. The maximum atomic E-state index is 5.49. The van der Waals surface area contributed by atoms with Gasteiger partial charge in [-0.3, -0.25) is 4.57 Å². The van der Waals surface area contributed by atoms with Crippen LogP contribution in [-0.4, -0.2) is 19.1 Å². The zero-order valence-corrected chi connectivity index (χ0v) is 31.1. The van der Waals surface area contributed by atoms with Crippen LogP contribution in [0.1, 0.15) is 0 Å². The molecule has 0 fully saturated rings. The van der Waals surface area contributed by atoms with E-state index >= 15 is 0 Å². The number of imidazole rings is 1. The first-order chi connectivity index (χ1) is 26.3. The SMILES string of the molecule is [Pt+2].[c-]1c(-c2cccc3c2nc(-c2cccc4c2[n-]c2ccccc24)n3-c2ccccc2)ccc2c3ccccc3n(-c3cc(-c4ccccc4)ccn3)c12. The summed E-state index contributed by atoms with van der Waals surface area (Å²) in [7, 11) is 0. The molecule has 6 heteroatoms. The van der Waals surface area contributed by atoms with Crippen molar-refractivity contribution in [2.45, 2.75) is 0 Å². The molecule has 5 nitrogen and oxygen atoms in total. The molecule has 256 valence electrons. The average molecular weight is 871 g/mol. The normalized spacial score (nSPS) is 11.6. The number of para-hydroxylation sites is 5. The molecule has 0 spiro atoms. The van der Waals surface area contributed by atoms with Crippen molar-refractivity contribution in [3.63, 3.8) is 0 Å². The molecule has 0 aliphatic heterocycles. The van der Waals surface area contributed by atoms with Gasteiger partial charge in [0.15, 0.2) is 0 Å². The third-order valence-electron chi connectivity index (χ3n) is 10.4. The summed E-state index contributed by atoms with van der Waals surface area (Å²) in [5.41, 5.74) is 12.2. The van der Waals surface area contributed by atoms with Gasteiger partial charge in [0.1, 0.15) is 11.6 Å². The second kappa shape index (κ2) is 12.8. The summed E-state index contributed by atoms with van der Waals surface area (Å²) in [6, 6.07) is 63.1. The Balaban J connectivity index is 0.00000361. The van der Waals surface area contributed by atoms with Crippen LogP contribution in [0.2, 0.25) is 0 Å². The number of nitrogens with zero attached hydrogens (tertiary/aromatic N) is 5. The van der Waals surface area contributed by atoms with E-state index in [9.17, 15) is 0 Å². The Hall–Kier alpha value is -6.55. The molecule has 0 unspecified atom stereocenters. The van der Waals surface area contributed by atoms with Gasteiger partial charge in [-0.15, -0.1) is 34.8 Å². The molecule has 4 aromatic heterocycles. The van der Waals surface area contributed by atoms with Crippen LogP contribution in [0.3, 0.4) is 0 Å². The molecule has 54 heavy (non-hydrogen) atoms. The van der Waals surface area contributed by atoms with E-state index in [4.69, 9.17) is 15.0 Å². The van der Waals surface area contributed by atoms with E-state index < -0.39 is 0 Å². The monoisotopic (exact) mass is 870 g/mol. The van der Waals surface area contributed by atoms with Crippen molar-refractivity contribution in [3.05, 3.63) is 182 Å². The predicted molar refractivity (Wildman–Crippen MR) is 217 cm³/mol. The number of pyridine rings is 1. The molecule has 11 aromatic rings. The molecule has 4 heterocycles. The third-order valence-corrected chi connectivity index (χ3v) is 10.4. The fraction of sp³-hybridized carbons (Fsp3) is 0. The molecule has 0 atom stereocenters. The van der Waals surface area contributed by atoms with E-state index in [1.807, 2.05) is 24.4 Å². The third kappa shape index (κ3) is 4.97. The van der Waals surface area contributed by atoms with Gasteiger partial charge >= 0.3 is 21.1 Å². The molecule has 0 saturated carbocycles. The van der Waals surface area contributed by atoms with Crippen molar-refractivity contribution >= 4 is 54.6 Å². The van der Waals surface area contributed by atoms with Gasteiger partial charge in [0.05, 0.1) is 11.0 Å². The van der Waals surface area contributed by atoms with Crippen LogP contribution in [0.25, 0.3) is 99.8 Å². The molecular weight excluding hydrogens is 842 g/mol. The van der Waals surface area contributed by atoms with Crippen LogP contribution in [0.15, 0.2) is 176 Å². The molecule has 0 radical (unpaired) electrons. The second-order valence-electron chi connectivity index (χ2n) is 13.4. The maximum Gasteiger partial charge on any atom is 2.00 e. The minimum absolute atomic E-state index is 0. The smallest absolute Gasteiger partial charge is 0.656 e. The maximum absolute atomic E-state index is 5.49. The van der Waals surface area contributed by atoms with Gasteiger partial charge in [-0.05, 0) is 69.2 Å². The van der Waals surface area contributed by atoms with E-state index in [2.05, 4.69) is 167 Å². The Morgan fingerprint density at radius 2 is 1.22 bits per heavy atom.